The minimum atomic E-state index is -0.914. The summed E-state index contributed by atoms with van der Waals surface area (Å²) in [6.45, 7) is 1.62. The maximum atomic E-state index is 10.8. The standard InChI is InChI=1S/C13H14N2O4S/c1-9(15(17)13(14)16)2-3-10-4-5-12(18-10)19-11-6-7-20-8-11/h2-9,17H,1H3,(H2,14,16). The van der Waals surface area contributed by atoms with E-state index in [4.69, 9.17) is 14.9 Å². The van der Waals surface area contributed by atoms with Gasteiger partial charge in [0.05, 0.1) is 6.04 Å². The molecule has 2 aromatic heterocycles. The predicted molar refractivity (Wildman–Crippen MR) is 74.8 cm³/mol. The molecule has 3 N–H and O–H groups in total. The first-order valence-corrected chi connectivity index (χ1v) is 6.76. The molecule has 1 unspecified atom stereocenters. The van der Waals surface area contributed by atoms with Crippen molar-refractivity contribution in [2.45, 2.75) is 13.0 Å². The Bertz CT molecular complexity index is 591. The third-order valence-electron chi connectivity index (χ3n) is 2.47. The van der Waals surface area contributed by atoms with Crippen LogP contribution in [0.3, 0.4) is 0 Å². The van der Waals surface area contributed by atoms with Crippen LogP contribution < -0.4 is 10.5 Å². The normalized spacial score (nSPS) is 12.5. The Labute approximate surface area is 119 Å². The number of hydrogen-bond acceptors (Lipinski definition) is 5. The topological polar surface area (TPSA) is 88.9 Å². The molecule has 106 valence electrons. The second kappa shape index (κ2) is 6.27. The van der Waals surface area contributed by atoms with Crippen molar-refractivity contribution in [3.05, 3.63) is 40.8 Å². The Balaban J connectivity index is 1.97. The number of nitrogens with zero attached hydrogens (tertiary/aromatic N) is 1. The molecular formula is C13H14N2O4S. The molecule has 0 aliphatic rings. The summed E-state index contributed by atoms with van der Waals surface area (Å²) in [6, 6.07) is 3.77. The highest BCUT2D eigenvalue weighted by molar-refractivity contribution is 7.08. The number of amides is 2. The van der Waals surface area contributed by atoms with Crippen molar-refractivity contribution in [3.63, 3.8) is 0 Å². The van der Waals surface area contributed by atoms with Gasteiger partial charge in [-0.3, -0.25) is 5.21 Å². The Hall–Kier alpha value is -2.25. The average molecular weight is 294 g/mol. The van der Waals surface area contributed by atoms with Crippen LogP contribution in [0.1, 0.15) is 12.7 Å². The molecule has 0 fully saturated rings. The molecule has 0 radical (unpaired) electrons. The summed E-state index contributed by atoms with van der Waals surface area (Å²) in [5, 5.41) is 13.5. The van der Waals surface area contributed by atoms with Crippen LogP contribution in [0.2, 0.25) is 0 Å². The average Bonchev–Trinajstić information content (AvgIpc) is 3.07. The van der Waals surface area contributed by atoms with Gasteiger partial charge in [0.25, 0.3) is 5.95 Å². The fourth-order valence-electron chi connectivity index (χ4n) is 1.42. The molecule has 0 spiro atoms. The Kier molecular flexibility index (Phi) is 4.44. The van der Waals surface area contributed by atoms with Gasteiger partial charge in [-0.05, 0) is 30.5 Å². The second-order valence-electron chi connectivity index (χ2n) is 4.00. The van der Waals surface area contributed by atoms with Crippen molar-refractivity contribution in [3.8, 4) is 11.7 Å². The van der Waals surface area contributed by atoms with E-state index in [0.29, 0.717) is 22.5 Å². The number of hydroxylamine groups is 2. The van der Waals surface area contributed by atoms with Crippen LogP contribution in [-0.4, -0.2) is 22.3 Å². The highest BCUT2D eigenvalue weighted by Gasteiger charge is 2.11. The summed E-state index contributed by atoms with van der Waals surface area (Å²) in [4.78, 5) is 10.8. The molecule has 7 heteroatoms. The molecule has 2 aromatic rings. The van der Waals surface area contributed by atoms with E-state index in [1.54, 1.807) is 31.2 Å². The number of furan rings is 1. The first-order valence-electron chi connectivity index (χ1n) is 5.82. The largest absolute Gasteiger partial charge is 0.426 e. The summed E-state index contributed by atoms with van der Waals surface area (Å²) in [5.41, 5.74) is 4.95. The monoisotopic (exact) mass is 294 g/mol. The molecule has 0 saturated heterocycles. The summed E-state index contributed by atoms with van der Waals surface area (Å²) in [5.74, 6) is 1.62. The maximum Gasteiger partial charge on any atom is 0.339 e. The van der Waals surface area contributed by atoms with Crippen LogP contribution in [0.4, 0.5) is 4.79 Å². The van der Waals surface area contributed by atoms with Crippen molar-refractivity contribution in [1.29, 1.82) is 0 Å². The van der Waals surface area contributed by atoms with E-state index in [1.165, 1.54) is 11.3 Å². The lowest BCUT2D eigenvalue weighted by molar-refractivity contribution is -0.0560. The number of carbonyl (C=O) groups is 1. The lowest BCUT2D eigenvalue weighted by Gasteiger charge is -2.16. The SMILES string of the molecule is CC(C=Cc1ccc(Oc2ccsc2)o1)N(O)C(N)=O. The van der Waals surface area contributed by atoms with Crippen LogP contribution >= 0.6 is 11.3 Å². The first kappa shape index (κ1) is 14.2. The van der Waals surface area contributed by atoms with E-state index in [9.17, 15) is 10.0 Å². The van der Waals surface area contributed by atoms with Crippen molar-refractivity contribution >= 4 is 23.4 Å². The van der Waals surface area contributed by atoms with Gasteiger partial charge in [-0.1, -0.05) is 6.08 Å². The van der Waals surface area contributed by atoms with Gasteiger partial charge in [0.1, 0.15) is 11.5 Å². The second-order valence-corrected chi connectivity index (χ2v) is 4.78. The summed E-state index contributed by atoms with van der Waals surface area (Å²) < 4.78 is 10.9. The van der Waals surface area contributed by atoms with Gasteiger partial charge in [0.2, 0.25) is 0 Å². The number of urea groups is 1. The molecule has 0 bridgehead atoms. The molecule has 0 saturated carbocycles. The quantitative estimate of drug-likeness (QED) is 0.654. The van der Waals surface area contributed by atoms with Crippen LogP contribution in [0.15, 0.2) is 39.5 Å². The third-order valence-corrected chi connectivity index (χ3v) is 3.13. The molecule has 0 aliphatic carbocycles. The van der Waals surface area contributed by atoms with E-state index < -0.39 is 12.1 Å². The van der Waals surface area contributed by atoms with Crippen LogP contribution in [0, 0.1) is 0 Å². The molecular weight excluding hydrogens is 280 g/mol. The number of primary amides is 1. The number of rotatable bonds is 5. The van der Waals surface area contributed by atoms with Gasteiger partial charge in [0.15, 0.2) is 0 Å². The van der Waals surface area contributed by atoms with Crippen LogP contribution in [-0.2, 0) is 0 Å². The fraction of sp³-hybridized carbons (Fsp3) is 0.154. The highest BCUT2D eigenvalue weighted by atomic mass is 32.1. The summed E-state index contributed by atoms with van der Waals surface area (Å²) in [7, 11) is 0. The molecule has 6 nitrogen and oxygen atoms in total. The van der Waals surface area contributed by atoms with Crippen LogP contribution in [0.5, 0.6) is 11.7 Å². The molecule has 2 amide bonds. The number of hydrogen-bond donors (Lipinski definition) is 2. The first-order chi connectivity index (χ1) is 9.56. The molecule has 0 aromatic carbocycles. The van der Waals surface area contributed by atoms with Crippen molar-refractivity contribution in [2.75, 3.05) is 0 Å². The molecule has 1 atom stereocenters. The molecule has 2 rings (SSSR count). The van der Waals surface area contributed by atoms with Gasteiger partial charge in [0, 0.05) is 11.4 Å². The van der Waals surface area contributed by atoms with Gasteiger partial charge in [-0.25, -0.2) is 4.79 Å². The Morgan fingerprint density at radius 2 is 2.35 bits per heavy atom. The number of thiophene rings is 1. The zero-order valence-corrected chi connectivity index (χ0v) is 11.5. The zero-order chi connectivity index (χ0) is 14.5. The molecule has 2 heterocycles. The Morgan fingerprint density at radius 3 is 3.00 bits per heavy atom. The smallest absolute Gasteiger partial charge is 0.339 e. The van der Waals surface area contributed by atoms with Gasteiger partial charge in [-0.15, -0.1) is 11.3 Å². The number of ether oxygens (including phenoxy) is 1. The molecule has 0 aliphatic heterocycles. The van der Waals surface area contributed by atoms with Crippen molar-refractivity contribution < 1.29 is 19.2 Å². The highest BCUT2D eigenvalue weighted by Crippen LogP contribution is 2.26. The minimum absolute atomic E-state index is 0.367. The Morgan fingerprint density at radius 1 is 1.55 bits per heavy atom. The number of nitrogens with two attached hydrogens (primary N) is 1. The third kappa shape index (κ3) is 3.62. The fourth-order valence-corrected chi connectivity index (χ4v) is 1.97. The van der Waals surface area contributed by atoms with Crippen molar-refractivity contribution in [1.82, 2.24) is 5.06 Å². The predicted octanol–water partition coefficient (Wildman–Crippen LogP) is 3.31. The van der Waals surface area contributed by atoms with Crippen LogP contribution in [0.25, 0.3) is 6.08 Å². The van der Waals surface area contributed by atoms with Gasteiger partial charge < -0.3 is 14.9 Å². The van der Waals surface area contributed by atoms with E-state index >= 15 is 0 Å². The zero-order valence-electron chi connectivity index (χ0n) is 10.7. The van der Waals surface area contributed by atoms with Gasteiger partial charge in [-0.2, -0.15) is 5.06 Å². The lowest BCUT2D eigenvalue weighted by Crippen LogP contribution is -2.38. The van der Waals surface area contributed by atoms with E-state index in [2.05, 4.69) is 0 Å². The number of carbonyl (C=O) groups excluding carboxylic acids is 1. The van der Waals surface area contributed by atoms with Gasteiger partial charge >= 0.3 is 6.03 Å². The van der Waals surface area contributed by atoms with E-state index in [1.807, 2.05) is 16.8 Å². The minimum Gasteiger partial charge on any atom is -0.426 e. The lowest BCUT2D eigenvalue weighted by atomic mass is 10.3. The van der Waals surface area contributed by atoms with E-state index in [0.717, 1.165) is 0 Å². The van der Waals surface area contributed by atoms with Crippen molar-refractivity contribution in [2.24, 2.45) is 5.73 Å². The molecule has 20 heavy (non-hydrogen) atoms. The maximum absolute atomic E-state index is 10.8. The summed E-state index contributed by atoms with van der Waals surface area (Å²) in [6.07, 6.45) is 3.20. The summed E-state index contributed by atoms with van der Waals surface area (Å²) >= 11 is 1.53. The van der Waals surface area contributed by atoms with E-state index in [-0.39, 0.29) is 0 Å².